The van der Waals surface area contributed by atoms with Crippen LogP contribution >= 0.6 is 11.6 Å². The van der Waals surface area contributed by atoms with E-state index in [1.807, 2.05) is 18.2 Å². The summed E-state index contributed by atoms with van der Waals surface area (Å²) in [6.07, 6.45) is 3.19. The molecule has 0 fully saturated rings. The molecule has 0 bridgehead atoms. The Morgan fingerprint density at radius 1 is 1.20 bits per heavy atom. The van der Waals surface area contributed by atoms with Crippen LogP contribution in [0.15, 0.2) is 42.9 Å². The van der Waals surface area contributed by atoms with Crippen molar-refractivity contribution in [3.8, 4) is 11.4 Å². The number of rotatable bonds is 2. The van der Waals surface area contributed by atoms with Crippen molar-refractivity contribution in [3.05, 3.63) is 47.9 Å². The van der Waals surface area contributed by atoms with Gasteiger partial charge in [0, 0.05) is 23.8 Å². The first-order valence-corrected chi connectivity index (χ1v) is 6.57. The Hall–Kier alpha value is -2.24. The highest BCUT2D eigenvalue weighted by molar-refractivity contribution is 6.31. The Labute approximate surface area is 120 Å². The number of hydrogen-bond acceptors (Lipinski definition) is 3. The minimum Gasteiger partial charge on any atom is -0.259 e. The third-order valence-corrected chi connectivity index (χ3v) is 3.93. The molecule has 0 spiro atoms. The molecule has 3 heterocycles. The van der Waals surface area contributed by atoms with Crippen LogP contribution in [-0.4, -0.2) is 27.2 Å². The summed E-state index contributed by atoms with van der Waals surface area (Å²) in [5, 5.41) is 7.43. The van der Waals surface area contributed by atoms with Gasteiger partial charge in [-0.05, 0) is 0 Å². The van der Waals surface area contributed by atoms with E-state index in [-0.39, 0.29) is 0 Å². The number of halogens is 1. The number of hydrogen-bond donors (Lipinski definition) is 1. The zero-order valence-electron chi connectivity index (χ0n) is 10.7. The minimum absolute atomic E-state index is 0.592. The lowest BCUT2D eigenvalue weighted by atomic mass is 10.2. The Balaban J connectivity index is 1.80. The maximum atomic E-state index is 6.01. The van der Waals surface area contributed by atoms with Gasteiger partial charge in [-0.1, -0.05) is 23.7 Å². The number of nitrogens with one attached hydrogen (secondary N) is 1. The van der Waals surface area contributed by atoms with Gasteiger partial charge in [0.2, 0.25) is 5.69 Å². The Bertz CT molecular complexity index is 799. The van der Waals surface area contributed by atoms with Gasteiger partial charge >= 0.3 is 5.82 Å². The predicted octanol–water partition coefficient (Wildman–Crippen LogP) is 3.43. The van der Waals surface area contributed by atoms with Gasteiger partial charge in [-0.2, -0.15) is 10.1 Å². The molecule has 6 heteroatoms. The summed E-state index contributed by atoms with van der Waals surface area (Å²) in [7, 11) is 2.10. The molecule has 0 saturated carbocycles. The molecule has 20 heavy (non-hydrogen) atoms. The predicted molar refractivity (Wildman–Crippen MR) is 78.1 cm³/mol. The van der Waals surface area contributed by atoms with E-state index in [2.05, 4.69) is 39.3 Å². The van der Waals surface area contributed by atoms with Crippen molar-refractivity contribution in [2.24, 2.45) is 0 Å². The molecule has 2 aromatic heterocycles. The molecule has 98 valence electrons. The van der Waals surface area contributed by atoms with Gasteiger partial charge in [0.05, 0.1) is 18.3 Å². The van der Waals surface area contributed by atoms with Gasteiger partial charge in [-0.25, -0.2) is 9.47 Å². The molecule has 4 rings (SSSR count). The van der Waals surface area contributed by atoms with Crippen molar-refractivity contribution in [1.82, 2.24) is 24.6 Å². The van der Waals surface area contributed by atoms with Crippen LogP contribution in [0.4, 0.5) is 17.2 Å². The normalized spacial score (nSPS) is 19.7. The molecule has 0 radical (unpaired) electrons. The molecule has 1 aromatic carbocycles. The Kier molecular flexibility index (Phi) is 2.24. The van der Waals surface area contributed by atoms with Crippen molar-refractivity contribution in [1.29, 1.82) is 0 Å². The minimum atomic E-state index is 0.592. The summed E-state index contributed by atoms with van der Waals surface area (Å²) < 4.78 is 0.592. The molecule has 0 aliphatic carbocycles. The molecule has 1 unspecified atom stereocenters. The molecule has 1 aliphatic rings. The summed E-state index contributed by atoms with van der Waals surface area (Å²) in [4.78, 5) is 8.58. The van der Waals surface area contributed by atoms with E-state index in [1.54, 1.807) is 6.20 Å². The van der Waals surface area contributed by atoms with Gasteiger partial charge < -0.3 is 0 Å². The fourth-order valence-electron chi connectivity index (χ4n) is 2.54. The van der Waals surface area contributed by atoms with Crippen LogP contribution < -0.4 is 4.48 Å². The molecule has 5 nitrogen and oxygen atoms in total. The van der Waals surface area contributed by atoms with Crippen molar-refractivity contribution in [2.45, 2.75) is 0 Å². The van der Waals surface area contributed by atoms with E-state index < -0.39 is 0 Å². The van der Waals surface area contributed by atoms with Crippen molar-refractivity contribution in [2.75, 3.05) is 7.05 Å². The maximum absolute atomic E-state index is 6.01. The summed E-state index contributed by atoms with van der Waals surface area (Å²) in [5.74, 6) is 1.79. The molecule has 3 aromatic rings. The quantitative estimate of drug-likeness (QED) is 0.579. The van der Waals surface area contributed by atoms with Crippen LogP contribution in [0, 0.1) is 0 Å². The zero-order valence-corrected chi connectivity index (χ0v) is 11.5. The average molecular weight is 285 g/mol. The highest BCUT2D eigenvalue weighted by Gasteiger charge is 2.54. The van der Waals surface area contributed by atoms with Gasteiger partial charge in [0.1, 0.15) is 12.0 Å². The van der Waals surface area contributed by atoms with E-state index >= 15 is 0 Å². The van der Waals surface area contributed by atoms with E-state index in [0.29, 0.717) is 9.51 Å². The molecule has 1 atom stereocenters. The zero-order chi connectivity index (χ0) is 13.7. The number of aromatic nitrogens is 4. The van der Waals surface area contributed by atoms with Gasteiger partial charge in [0.15, 0.2) is 5.82 Å². The lowest BCUT2D eigenvalue weighted by molar-refractivity contribution is 0.739. The lowest BCUT2D eigenvalue weighted by Gasteiger charge is -2.11. The van der Waals surface area contributed by atoms with Crippen LogP contribution in [0.1, 0.15) is 0 Å². The first-order valence-electron chi connectivity index (χ1n) is 6.19. The highest BCUT2D eigenvalue weighted by atomic mass is 35.5. The smallest absolute Gasteiger partial charge is 0.259 e. The largest absolute Gasteiger partial charge is 0.301 e. The number of H-pyrrole nitrogens is 1. The second kappa shape index (κ2) is 3.88. The third kappa shape index (κ3) is 1.51. The standard InChI is InChI=1S/C14H11ClN5/c1-20(12-6-10(15)7-16-14(12)20)11-4-2-3-9(5-11)13-17-8-18-19-13/h2-8H,1H3,(H,17,18,19)/q+1. The number of benzene rings is 1. The molecule has 0 saturated heterocycles. The number of nitrogens with zero attached hydrogens (tertiary/aromatic N) is 4. The SMILES string of the molecule is C[N+]1(c2cccc(-c3ncn[nH]3)c2)c2cc(Cl)cnc21. The second-order valence-corrected chi connectivity index (χ2v) is 5.32. The molecule has 0 amide bonds. The van der Waals surface area contributed by atoms with Gasteiger partial charge in [-0.15, -0.1) is 0 Å². The third-order valence-electron chi connectivity index (χ3n) is 3.72. The monoisotopic (exact) mass is 284 g/mol. The molecule has 1 N–H and O–H groups in total. The Morgan fingerprint density at radius 2 is 2.10 bits per heavy atom. The number of aromatic amines is 1. The van der Waals surface area contributed by atoms with Gasteiger partial charge in [0.25, 0.3) is 0 Å². The fourth-order valence-corrected chi connectivity index (χ4v) is 2.69. The summed E-state index contributed by atoms with van der Waals surface area (Å²) in [5.41, 5.74) is 3.26. The highest BCUT2D eigenvalue weighted by Crippen LogP contribution is 2.59. The van der Waals surface area contributed by atoms with E-state index in [1.165, 1.54) is 6.33 Å². The first-order chi connectivity index (χ1) is 9.69. The number of pyridine rings is 1. The van der Waals surface area contributed by atoms with Crippen molar-refractivity contribution < 1.29 is 0 Å². The number of quaternary nitrogens is 1. The van der Waals surface area contributed by atoms with Crippen molar-refractivity contribution in [3.63, 3.8) is 0 Å². The van der Waals surface area contributed by atoms with E-state index in [9.17, 15) is 0 Å². The van der Waals surface area contributed by atoms with Crippen LogP contribution in [0.3, 0.4) is 0 Å². The van der Waals surface area contributed by atoms with Crippen LogP contribution in [0.5, 0.6) is 0 Å². The summed E-state index contributed by atoms with van der Waals surface area (Å²) >= 11 is 6.01. The van der Waals surface area contributed by atoms with Crippen LogP contribution in [0.25, 0.3) is 11.4 Å². The van der Waals surface area contributed by atoms with E-state index in [4.69, 9.17) is 11.6 Å². The maximum Gasteiger partial charge on any atom is 0.301 e. The fraction of sp³-hybridized carbons (Fsp3) is 0.0714. The Morgan fingerprint density at radius 3 is 2.85 bits per heavy atom. The van der Waals surface area contributed by atoms with Crippen LogP contribution in [0.2, 0.25) is 5.02 Å². The van der Waals surface area contributed by atoms with Crippen LogP contribution in [-0.2, 0) is 0 Å². The van der Waals surface area contributed by atoms with Crippen molar-refractivity contribution >= 4 is 28.8 Å². The summed E-state index contributed by atoms with van der Waals surface area (Å²) in [6.45, 7) is 0. The topological polar surface area (TPSA) is 54.5 Å². The lowest BCUT2D eigenvalue weighted by Crippen LogP contribution is -2.16. The molecular formula is C14H11ClN5+. The molecule has 1 aliphatic heterocycles. The van der Waals surface area contributed by atoms with E-state index in [0.717, 1.165) is 28.6 Å². The molecular weight excluding hydrogens is 274 g/mol. The second-order valence-electron chi connectivity index (χ2n) is 4.89. The van der Waals surface area contributed by atoms with Gasteiger partial charge in [-0.3, -0.25) is 5.10 Å². The summed E-state index contributed by atoms with van der Waals surface area (Å²) in [6, 6.07) is 10.2. The first kappa shape index (κ1) is 11.6. The average Bonchev–Trinajstić information content (AvgIpc) is 2.87. The number of fused-ring (bicyclic) bond motifs is 1.